The van der Waals surface area contributed by atoms with Crippen molar-refractivity contribution in [1.82, 2.24) is 9.97 Å². The highest BCUT2D eigenvalue weighted by Gasteiger charge is 2.33. The maximum absolute atomic E-state index is 13.4. The van der Waals surface area contributed by atoms with Gasteiger partial charge in [0.2, 0.25) is 0 Å². The highest BCUT2D eigenvalue weighted by Crippen LogP contribution is 2.35. The van der Waals surface area contributed by atoms with E-state index < -0.39 is 17.7 Å². The maximum Gasteiger partial charge on any atom is 0.159 e. The van der Waals surface area contributed by atoms with E-state index in [0.29, 0.717) is 24.3 Å². The summed E-state index contributed by atoms with van der Waals surface area (Å²) in [5, 5.41) is 9.86. The minimum absolute atomic E-state index is 0.239. The Bertz CT molecular complexity index is 609. The fourth-order valence-corrected chi connectivity index (χ4v) is 2.54. The summed E-state index contributed by atoms with van der Waals surface area (Å²) in [7, 11) is 0. The Balaban J connectivity index is 1.96. The molecule has 0 aliphatic carbocycles. The van der Waals surface area contributed by atoms with Gasteiger partial charge in [0.1, 0.15) is 5.82 Å². The van der Waals surface area contributed by atoms with Crippen LogP contribution in [0, 0.1) is 11.6 Å². The van der Waals surface area contributed by atoms with Crippen molar-refractivity contribution in [2.75, 3.05) is 11.4 Å². The Morgan fingerprint density at radius 3 is 2.75 bits per heavy atom. The zero-order chi connectivity index (χ0) is 14.1. The molecule has 0 radical (unpaired) electrons. The van der Waals surface area contributed by atoms with Crippen LogP contribution in [0.4, 0.5) is 14.6 Å². The number of hydrogen-bond donors (Lipinski definition) is 1. The van der Waals surface area contributed by atoms with Gasteiger partial charge in [0, 0.05) is 18.9 Å². The van der Waals surface area contributed by atoms with Crippen LogP contribution >= 0.6 is 0 Å². The van der Waals surface area contributed by atoms with Crippen molar-refractivity contribution < 1.29 is 13.9 Å². The molecule has 3 rings (SSSR count). The number of β-amino-alcohol motifs (C(OH)–C–C–N with tert-alkyl or cyclic N) is 1. The number of aliphatic hydroxyl groups excluding tert-OH is 1. The predicted octanol–water partition coefficient (Wildman–Crippen LogP) is 2.07. The number of hydrogen-bond acceptors (Lipinski definition) is 4. The monoisotopic (exact) mass is 277 g/mol. The zero-order valence-electron chi connectivity index (χ0n) is 10.6. The van der Waals surface area contributed by atoms with Crippen LogP contribution in [-0.2, 0) is 0 Å². The second-order valence-corrected chi connectivity index (χ2v) is 4.79. The number of halogens is 2. The molecule has 1 aromatic heterocycles. The van der Waals surface area contributed by atoms with Crippen LogP contribution in [0.2, 0.25) is 0 Å². The summed E-state index contributed by atoms with van der Waals surface area (Å²) in [6.07, 6.45) is 4.62. The van der Waals surface area contributed by atoms with E-state index in [2.05, 4.69) is 9.97 Å². The van der Waals surface area contributed by atoms with Crippen LogP contribution in [0.3, 0.4) is 0 Å². The van der Waals surface area contributed by atoms with E-state index in [-0.39, 0.29) is 6.04 Å². The first-order chi connectivity index (χ1) is 9.65. The third-order valence-electron chi connectivity index (χ3n) is 3.45. The van der Waals surface area contributed by atoms with Crippen molar-refractivity contribution in [3.8, 4) is 0 Å². The van der Waals surface area contributed by atoms with Gasteiger partial charge >= 0.3 is 0 Å². The standard InChI is InChI=1S/C14H13F2N3O/c15-11-2-1-9(5-12(11)16)13-6-10(20)8-19(13)14-7-17-3-4-18-14/h1-5,7,10,13,20H,6,8H2/t10-,13-/m1/s1. The number of anilines is 1. The fraction of sp³-hybridized carbons (Fsp3) is 0.286. The Labute approximate surface area is 114 Å². The van der Waals surface area contributed by atoms with Gasteiger partial charge in [0.05, 0.1) is 18.3 Å². The van der Waals surface area contributed by atoms with E-state index in [1.165, 1.54) is 12.1 Å². The minimum Gasteiger partial charge on any atom is -0.391 e. The lowest BCUT2D eigenvalue weighted by molar-refractivity contribution is 0.194. The molecule has 0 unspecified atom stereocenters. The van der Waals surface area contributed by atoms with Crippen molar-refractivity contribution in [2.24, 2.45) is 0 Å². The quantitative estimate of drug-likeness (QED) is 0.913. The lowest BCUT2D eigenvalue weighted by Crippen LogP contribution is -2.25. The highest BCUT2D eigenvalue weighted by atomic mass is 19.2. The first kappa shape index (κ1) is 12.9. The van der Waals surface area contributed by atoms with Gasteiger partial charge in [0.25, 0.3) is 0 Å². The van der Waals surface area contributed by atoms with E-state index >= 15 is 0 Å². The smallest absolute Gasteiger partial charge is 0.159 e. The molecule has 4 nitrogen and oxygen atoms in total. The molecule has 0 amide bonds. The number of benzene rings is 1. The summed E-state index contributed by atoms with van der Waals surface area (Å²) in [6, 6.07) is 3.56. The van der Waals surface area contributed by atoms with Crippen molar-refractivity contribution in [1.29, 1.82) is 0 Å². The molecule has 1 aliphatic rings. The van der Waals surface area contributed by atoms with Crippen LogP contribution in [-0.4, -0.2) is 27.7 Å². The van der Waals surface area contributed by atoms with E-state index in [9.17, 15) is 13.9 Å². The Hall–Kier alpha value is -2.08. The summed E-state index contributed by atoms with van der Waals surface area (Å²) in [5.41, 5.74) is 0.617. The Morgan fingerprint density at radius 1 is 1.20 bits per heavy atom. The van der Waals surface area contributed by atoms with Gasteiger partial charge in [0.15, 0.2) is 11.6 Å². The summed E-state index contributed by atoms with van der Waals surface area (Å²) >= 11 is 0. The third-order valence-corrected chi connectivity index (χ3v) is 3.45. The molecular formula is C14H13F2N3O. The van der Waals surface area contributed by atoms with Crippen molar-refractivity contribution in [2.45, 2.75) is 18.6 Å². The Kier molecular flexibility index (Phi) is 3.31. The molecule has 1 aromatic carbocycles. The second-order valence-electron chi connectivity index (χ2n) is 4.79. The van der Waals surface area contributed by atoms with Gasteiger partial charge in [-0.2, -0.15) is 0 Å². The van der Waals surface area contributed by atoms with Crippen LogP contribution in [0.5, 0.6) is 0 Å². The maximum atomic E-state index is 13.4. The number of nitrogens with zero attached hydrogens (tertiary/aromatic N) is 3. The lowest BCUT2D eigenvalue weighted by Gasteiger charge is -2.25. The van der Waals surface area contributed by atoms with Crippen molar-refractivity contribution >= 4 is 5.82 Å². The number of rotatable bonds is 2. The molecule has 0 bridgehead atoms. The first-order valence-electron chi connectivity index (χ1n) is 6.31. The summed E-state index contributed by atoms with van der Waals surface area (Å²) in [6.45, 7) is 0.391. The Morgan fingerprint density at radius 2 is 2.05 bits per heavy atom. The average molecular weight is 277 g/mol. The van der Waals surface area contributed by atoms with Crippen molar-refractivity contribution in [3.05, 3.63) is 54.0 Å². The molecule has 1 N–H and O–H groups in total. The molecule has 1 aliphatic heterocycles. The number of aliphatic hydroxyl groups is 1. The van der Waals surface area contributed by atoms with Crippen molar-refractivity contribution in [3.63, 3.8) is 0 Å². The van der Waals surface area contributed by atoms with Crippen LogP contribution in [0.25, 0.3) is 0 Å². The van der Waals surface area contributed by atoms with Crippen LogP contribution < -0.4 is 4.90 Å². The molecule has 20 heavy (non-hydrogen) atoms. The third kappa shape index (κ3) is 2.34. The molecular weight excluding hydrogens is 264 g/mol. The molecule has 0 spiro atoms. The fourth-order valence-electron chi connectivity index (χ4n) is 2.54. The second kappa shape index (κ2) is 5.13. The lowest BCUT2D eigenvalue weighted by atomic mass is 10.0. The van der Waals surface area contributed by atoms with Gasteiger partial charge in [-0.15, -0.1) is 0 Å². The molecule has 2 atom stereocenters. The zero-order valence-corrected chi connectivity index (χ0v) is 10.6. The normalized spacial score (nSPS) is 22.2. The molecule has 104 valence electrons. The SMILES string of the molecule is O[C@@H]1C[C@H](c2ccc(F)c(F)c2)N(c2cnccn2)C1. The summed E-state index contributed by atoms with van der Waals surface area (Å²) < 4.78 is 26.4. The molecule has 2 heterocycles. The van der Waals surface area contributed by atoms with Crippen LogP contribution in [0.1, 0.15) is 18.0 Å². The first-order valence-corrected chi connectivity index (χ1v) is 6.31. The van der Waals surface area contributed by atoms with Gasteiger partial charge < -0.3 is 10.0 Å². The molecule has 1 saturated heterocycles. The molecule has 0 saturated carbocycles. The molecule has 2 aromatic rings. The van der Waals surface area contributed by atoms with Crippen LogP contribution in [0.15, 0.2) is 36.8 Å². The molecule has 1 fully saturated rings. The van der Waals surface area contributed by atoms with Gasteiger partial charge in [-0.25, -0.2) is 13.8 Å². The summed E-state index contributed by atoms with van der Waals surface area (Å²) in [5.74, 6) is -1.15. The van der Waals surface area contributed by atoms with Gasteiger partial charge in [-0.05, 0) is 24.1 Å². The predicted molar refractivity (Wildman–Crippen MR) is 69.1 cm³/mol. The van der Waals surface area contributed by atoms with Gasteiger partial charge in [-0.1, -0.05) is 6.07 Å². The average Bonchev–Trinajstić information content (AvgIpc) is 2.85. The number of aromatic nitrogens is 2. The van der Waals surface area contributed by atoms with E-state index in [4.69, 9.17) is 0 Å². The summed E-state index contributed by atoms with van der Waals surface area (Å²) in [4.78, 5) is 10.0. The van der Waals surface area contributed by atoms with E-state index in [1.54, 1.807) is 18.6 Å². The van der Waals surface area contributed by atoms with E-state index in [0.717, 1.165) is 6.07 Å². The largest absolute Gasteiger partial charge is 0.391 e. The van der Waals surface area contributed by atoms with E-state index in [1.807, 2.05) is 4.90 Å². The minimum atomic E-state index is -0.886. The molecule has 6 heteroatoms. The highest BCUT2D eigenvalue weighted by molar-refractivity contribution is 5.43. The topological polar surface area (TPSA) is 49.2 Å². The van der Waals surface area contributed by atoms with Gasteiger partial charge in [-0.3, -0.25) is 4.98 Å².